The molecule has 7 nitrogen and oxygen atoms in total. The SMILES string of the molecule is COCCNCc1nnc(NC(C)c2nccs2)o1. The number of nitrogens with one attached hydrogen (secondary N) is 2. The van der Waals surface area contributed by atoms with Gasteiger partial charge in [0.25, 0.3) is 0 Å². The van der Waals surface area contributed by atoms with Gasteiger partial charge in [0, 0.05) is 25.2 Å². The number of hydrogen-bond acceptors (Lipinski definition) is 8. The van der Waals surface area contributed by atoms with Gasteiger partial charge in [0.05, 0.1) is 19.2 Å². The summed E-state index contributed by atoms with van der Waals surface area (Å²) in [6.07, 6.45) is 1.77. The first-order chi connectivity index (χ1) is 9.29. The summed E-state index contributed by atoms with van der Waals surface area (Å²) in [5, 5.41) is 17.1. The van der Waals surface area contributed by atoms with Crippen molar-refractivity contribution in [3.05, 3.63) is 22.5 Å². The Kier molecular flexibility index (Phi) is 5.25. The van der Waals surface area contributed by atoms with Crippen molar-refractivity contribution in [2.45, 2.75) is 19.5 Å². The number of methoxy groups -OCH3 is 1. The Bertz CT molecular complexity index is 473. The highest BCUT2D eigenvalue weighted by molar-refractivity contribution is 7.09. The molecule has 8 heteroatoms. The van der Waals surface area contributed by atoms with Crippen LogP contribution in [0.15, 0.2) is 16.0 Å². The lowest BCUT2D eigenvalue weighted by Crippen LogP contribution is -2.18. The van der Waals surface area contributed by atoms with Crippen LogP contribution in [0.3, 0.4) is 0 Å². The van der Waals surface area contributed by atoms with E-state index >= 15 is 0 Å². The summed E-state index contributed by atoms with van der Waals surface area (Å²) < 4.78 is 10.4. The second-order valence-corrected chi connectivity index (χ2v) is 4.83. The van der Waals surface area contributed by atoms with Crippen LogP contribution in [-0.4, -0.2) is 35.4 Å². The Hall–Kier alpha value is -1.51. The van der Waals surface area contributed by atoms with Gasteiger partial charge >= 0.3 is 6.01 Å². The first-order valence-corrected chi connectivity index (χ1v) is 6.85. The zero-order chi connectivity index (χ0) is 13.5. The summed E-state index contributed by atoms with van der Waals surface area (Å²) in [6, 6.07) is 0.459. The van der Waals surface area contributed by atoms with Gasteiger partial charge < -0.3 is 19.8 Å². The Morgan fingerprint density at radius 1 is 1.47 bits per heavy atom. The Morgan fingerprint density at radius 3 is 3.11 bits per heavy atom. The van der Waals surface area contributed by atoms with Crippen LogP contribution in [0.25, 0.3) is 0 Å². The van der Waals surface area contributed by atoms with Gasteiger partial charge in [-0.3, -0.25) is 0 Å². The molecule has 0 saturated carbocycles. The van der Waals surface area contributed by atoms with Crippen molar-refractivity contribution in [1.29, 1.82) is 0 Å². The highest BCUT2D eigenvalue weighted by Crippen LogP contribution is 2.19. The van der Waals surface area contributed by atoms with Crippen LogP contribution in [0.5, 0.6) is 0 Å². The number of rotatable bonds is 8. The maximum Gasteiger partial charge on any atom is 0.316 e. The molecule has 0 amide bonds. The molecule has 1 atom stereocenters. The summed E-state index contributed by atoms with van der Waals surface area (Å²) in [5.74, 6) is 0.546. The van der Waals surface area contributed by atoms with Crippen molar-refractivity contribution in [3.63, 3.8) is 0 Å². The summed E-state index contributed by atoms with van der Waals surface area (Å²) in [5.41, 5.74) is 0. The molecule has 0 aliphatic rings. The monoisotopic (exact) mass is 283 g/mol. The van der Waals surface area contributed by atoms with E-state index < -0.39 is 0 Å². The molecule has 0 aliphatic carbocycles. The number of anilines is 1. The average Bonchev–Trinajstić information content (AvgIpc) is 3.06. The maximum absolute atomic E-state index is 5.47. The molecule has 1 unspecified atom stereocenters. The van der Waals surface area contributed by atoms with E-state index in [9.17, 15) is 0 Å². The lowest BCUT2D eigenvalue weighted by atomic mass is 10.4. The molecule has 2 rings (SSSR count). The Balaban J connectivity index is 1.80. The van der Waals surface area contributed by atoms with Gasteiger partial charge in [0.2, 0.25) is 5.89 Å². The topological polar surface area (TPSA) is 85.1 Å². The highest BCUT2D eigenvalue weighted by atomic mass is 32.1. The van der Waals surface area contributed by atoms with Crippen molar-refractivity contribution in [2.75, 3.05) is 25.6 Å². The minimum absolute atomic E-state index is 0.0507. The smallest absolute Gasteiger partial charge is 0.316 e. The molecule has 0 saturated heterocycles. The van der Waals surface area contributed by atoms with Crippen molar-refractivity contribution in [2.24, 2.45) is 0 Å². The molecule has 0 aliphatic heterocycles. The van der Waals surface area contributed by atoms with Crippen LogP contribution in [-0.2, 0) is 11.3 Å². The number of nitrogens with zero attached hydrogens (tertiary/aromatic N) is 3. The predicted octanol–water partition coefficient (Wildman–Crippen LogP) is 1.44. The van der Waals surface area contributed by atoms with Crippen LogP contribution < -0.4 is 10.6 Å². The molecular weight excluding hydrogens is 266 g/mol. The zero-order valence-corrected chi connectivity index (χ0v) is 11.7. The van der Waals surface area contributed by atoms with E-state index in [-0.39, 0.29) is 6.04 Å². The fraction of sp³-hybridized carbons (Fsp3) is 0.545. The molecule has 19 heavy (non-hydrogen) atoms. The van der Waals surface area contributed by atoms with Crippen molar-refractivity contribution in [1.82, 2.24) is 20.5 Å². The molecule has 0 spiro atoms. The minimum atomic E-state index is 0.0507. The summed E-state index contributed by atoms with van der Waals surface area (Å²) in [6.45, 7) is 3.93. The Morgan fingerprint density at radius 2 is 2.37 bits per heavy atom. The van der Waals surface area contributed by atoms with Gasteiger partial charge in [-0.1, -0.05) is 5.10 Å². The summed E-state index contributed by atoms with van der Waals surface area (Å²) >= 11 is 1.59. The third-order valence-corrected chi connectivity index (χ3v) is 3.35. The standard InChI is InChI=1S/C11H17N5O2S/c1-8(10-13-4-6-19-10)14-11-16-15-9(18-11)7-12-3-5-17-2/h4,6,8,12H,3,5,7H2,1-2H3,(H,14,16). The third kappa shape index (κ3) is 4.27. The van der Waals surface area contributed by atoms with Gasteiger partial charge in [-0.25, -0.2) is 4.98 Å². The van der Waals surface area contributed by atoms with E-state index in [0.717, 1.165) is 11.6 Å². The fourth-order valence-corrected chi connectivity index (χ4v) is 2.09. The largest absolute Gasteiger partial charge is 0.407 e. The minimum Gasteiger partial charge on any atom is -0.407 e. The normalized spacial score (nSPS) is 12.5. The van der Waals surface area contributed by atoms with Crippen LogP contribution in [0.2, 0.25) is 0 Å². The second kappa shape index (κ2) is 7.17. The molecule has 104 valence electrons. The third-order valence-electron chi connectivity index (χ3n) is 2.39. The van der Waals surface area contributed by atoms with Crippen molar-refractivity contribution >= 4 is 17.4 Å². The average molecular weight is 283 g/mol. The lowest BCUT2D eigenvalue weighted by Gasteiger charge is -2.07. The van der Waals surface area contributed by atoms with Crippen LogP contribution >= 0.6 is 11.3 Å². The number of aromatic nitrogens is 3. The van der Waals surface area contributed by atoms with Gasteiger partial charge in [0.15, 0.2) is 0 Å². The highest BCUT2D eigenvalue weighted by Gasteiger charge is 2.12. The molecule has 2 N–H and O–H groups in total. The van der Waals surface area contributed by atoms with E-state index in [1.807, 2.05) is 12.3 Å². The van der Waals surface area contributed by atoms with Crippen LogP contribution in [0.1, 0.15) is 23.9 Å². The number of ether oxygens (including phenoxy) is 1. The van der Waals surface area contributed by atoms with Crippen LogP contribution in [0.4, 0.5) is 6.01 Å². The second-order valence-electron chi connectivity index (χ2n) is 3.91. The van der Waals surface area contributed by atoms with Crippen LogP contribution in [0, 0.1) is 0 Å². The molecule has 2 aromatic rings. The fourth-order valence-electron chi connectivity index (χ4n) is 1.45. The van der Waals surface area contributed by atoms with E-state index in [1.165, 1.54) is 0 Å². The molecule has 2 heterocycles. The predicted molar refractivity (Wildman–Crippen MR) is 72.0 cm³/mol. The van der Waals surface area contributed by atoms with E-state index in [2.05, 4.69) is 25.8 Å². The van der Waals surface area contributed by atoms with Crippen molar-refractivity contribution in [3.8, 4) is 0 Å². The van der Waals surface area contributed by atoms with E-state index in [1.54, 1.807) is 24.6 Å². The van der Waals surface area contributed by atoms with E-state index in [0.29, 0.717) is 25.1 Å². The first kappa shape index (κ1) is 13.9. The number of hydrogen-bond donors (Lipinski definition) is 2. The molecule has 0 fully saturated rings. The van der Waals surface area contributed by atoms with E-state index in [4.69, 9.17) is 9.15 Å². The first-order valence-electron chi connectivity index (χ1n) is 5.97. The van der Waals surface area contributed by atoms with Gasteiger partial charge in [-0.15, -0.1) is 16.4 Å². The zero-order valence-electron chi connectivity index (χ0n) is 10.9. The lowest BCUT2D eigenvalue weighted by molar-refractivity contribution is 0.198. The molecular formula is C11H17N5O2S. The van der Waals surface area contributed by atoms with Gasteiger partial charge in [0.1, 0.15) is 5.01 Å². The molecule has 2 aromatic heterocycles. The van der Waals surface area contributed by atoms with Gasteiger partial charge in [-0.05, 0) is 6.92 Å². The van der Waals surface area contributed by atoms with Crippen molar-refractivity contribution < 1.29 is 9.15 Å². The molecule has 0 bridgehead atoms. The Labute approximate surface area is 115 Å². The molecule has 0 aromatic carbocycles. The van der Waals surface area contributed by atoms with Gasteiger partial charge in [-0.2, -0.15) is 0 Å². The summed E-state index contributed by atoms with van der Waals surface area (Å²) in [7, 11) is 1.66. The maximum atomic E-state index is 5.47. The number of thiazole rings is 1. The molecule has 0 radical (unpaired) electrons. The summed E-state index contributed by atoms with van der Waals surface area (Å²) in [4.78, 5) is 4.23. The quantitative estimate of drug-likeness (QED) is 0.709.